The second kappa shape index (κ2) is 10.0. The van der Waals surface area contributed by atoms with Crippen LogP contribution in [0.25, 0.3) is 0 Å². The van der Waals surface area contributed by atoms with Gasteiger partial charge >= 0.3 is 6.03 Å². The van der Waals surface area contributed by atoms with Crippen LogP contribution >= 0.6 is 0 Å². The van der Waals surface area contributed by atoms with Gasteiger partial charge in [-0.3, -0.25) is 9.88 Å². The molecule has 1 aliphatic rings. The summed E-state index contributed by atoms with van der Waals surface area (Å²) < 4.78 is 0. The Morgan fingerprint density at radius 1 is 0.926 bits per heavy atom. The van der Waals surface area contributed by atoms with Gasteiger partial charge in [-0.15, -0.1) is 0 Å². The van der Waals surface area contributed by atoms with E-state index in [-0.39, 0.29) is 6.03 Å². The van der Waals surface area contributed by atoms with Crippen LogP contribution in [-0.4, -0.2) is 53.5 Å². The number of piperazine rings is 1. The van der Waals surface area contributed by atoms with Gasteiger partial charge in [0.15, 0.2) is 0 Å². The molecule has 1 fully saturated rings. The number of hydrogen-bond acceptors (Lipinski definition) is 4. The van der Waals surface area contributed by atoms with Crippen LogP contribution in [0.4, 0.5) is 4.79 Å². The molecule has 0 aliphatic carbocycles. The zero-order chi connectivity index (χ0) is 18.9. The van der Waals surface area contributed by atoms with Crippen LogP contribution in [0.5, 0.6) is 0 Å². The standard InChI is InChI=1S/C21H29N5O/c1-2-25-11-13-26(14-12-25)17-20-6-4-3-5-19(20)16-24-21(27)23-15-18-7-9-22-10-8-18/h3-10H,2,11-17H2,1H3,(H2,23,24,27). The van der Waals surface area contributed by atoms with E-state index in [0.717, 1.165) is 44.8 Å². The Balaban J connectivity index is 1.48. The summed E-state index contributed by atoms with van der Waals surface area (Å²) in [4.78, 5) is 21.1. The molecule has 0 atom stereocenters. The third-order valence-electron chi connectivity index (χ3n) is 5.07. The molecule has 3 rings (SSSR count). The normalized spacial score (nSPS) is 15.4. The summed E-state index contributed by atoms with van der Waals surface area (Å²) in [5.74, 6) is 0. The number of hydrogen-bond donors (Lipinski definition) is 2. The predicted molar refractivity (Wildman–Crippen MR) is 107 cm³/mol. The second-order valence-corrected chi connectivity index (χ2v) is 6.87. The van der Waals surface area contributed by atoms with Crippen molar-refractivity contribution in [2.45, 2.75) is 26.6 Å². The number of carbonyl (C=O) groups is 1. The van der Waals surface area contributed by atoms with Gasteiger partial charge in [-0.05, 0) is 35.4 Å². The van der Waals surface area contributed by atoms with Gasteiger partial charge in [0.05, 0.1) is 0 Å². The number of aromatic nitrogens is 1. The quantitative estimate of drug-likeness (QED) is 0.788. The second-order valence-electron chi connectivity index (χ2n) is 6.87. The zero-order valence-electron chi connectivity index (χ0n) is 16.0. The first-order valence-electron chi connectivity index (χ1n) is 9.66. The van der Waals surface area contributed by atoms with E-state index in [4.69, 9.17) is 0 Å². The van der Waals surface area contributed by atoms with Crippen molar-refractivity contribution in [2.24, 2.45) is 0 Å². The maximum absolute atomic E-state index is 12.1. The van der Waals surface area contributed by atoms with E-state index >= 15 is 0 Å². The Hall–Kier alpha value is -2.44. The molecule has 0 spiro atoms. The number of benzene rings is 1. The SMILES string of the molecule is CCN1CCN(Cc2ccccc2CNC(=O)NCc2ccncc2)CC1. The summed E-state index contributed by atoms with van der Waals surface area (Å²) in [5.41, 5.74) is 3.50. The highest BCUT2D eigenvalue weighted by atomic mass is 16.2. The maximum atomic E-state index is 12.1. The Kier molecular flexibility index (Phi) is 7.19. The van der Waals surface area contributed by atoms with Crippen LogP contribution in [0.1, 0.15) is 23.6 Å². The van der Waals surface area contributed by atoms with Crippen LogP contribution in [0, 0.1) is 0 Å². The molecule has 0 radical (unpaired) electrons. The summed E-state index contributed by atoms with van der Waals surface area (Å²) in [6.07, 6.45) is 3.46. The van der Waals surface area contributed by atoms with Crippen LogP contribution in [0.2, 0.25) is 0 Å². The smallest absolute Gasteiger partial charge is 0.315 e. The molecule has 27 heavy (non-hydrogen) atoms. The molecule has 0 saturated carbocycles. The molecule has 1 aromatic carbocycles. The highest BCUT2D eigenvalue weighted by molar-refractivity contribution is 5.73. The molecule has 144 valence electrons. The number of urea groups is 1. The van der Waals surface area contributed by atoms with Gasteiger partial charge in [-0.1, -0.05) is 31.2 Å². The fourth-order valence-electron chi connectivity index (χ4n) is 3.31. The molecular formula is C21H29N5O. The molecule has 1 aliphatic heterocycles. The fraction of sp³-hybridized carbons (Fsp3) is 0.429. The molecule has 1 aromatic heterocycles. The van der Waals surface area contributed by atoms with Gasteiger partial charge in [0, 0.05) is 58.2 Å². The largest absolute Gasteiger partial charge is 0.334 e. The van der Waals surface area contributed by atoms with Gasteiger partial charge in [-0.2, -0.15) is 0 Å². The summed E-state index contributed by atoms with van der Waals surface area (Å²) in [5, 5.41) is 5.86. The number of amides is 2. The van der Waals surface area contributed by atoms with Crippen LogP contribution in [0.3, 0.4) is 0 Å². The van der Waals surface area contributed by atoms with Gasteiger partial charge < -0.3 is 15.5 Å². The highest BCUT2D eigenvalue weighted by Gasteiger charge is 2.16. The summed E-state index contributed by atoms with van der Waals surface area (Å²) >= 11 is 0. The van der Waals surface area contributed by atoms with Gasteiger partial charge in [0.25, 0.3) is 0 Å². The maximum Gasteiger partial charge on any atom is 0.315 e. The monoisotopic (exact) mass is 367 g/mol. The lowest BCUT2D eigenvalue weighted by Gasteiger charge is -2.34. The Labute approximate surface area is 161 Å². The molecular weight excluding hydrogens is 338 g/mol. The van der Waals surface area contributed by atoms with E-state index in [1.54, 1.807) is 12.4 Å². The Morgan fingerprint density at radius 2 is 1.56 bits per heavy atom. The lowest BCUT2D eigenvalue weighted by Crippen LogP contribution is -2.45. The van der Waals surface area contributed by atoms with Crippen molar-refractivity contribution in [3.8, 4) is 0 Å². The number of pyridine rings is 1. The van der Waals surface area contributed by atoms with E-state index < -0.39 is 0 Å². The molecule has 6 heteroatoms. The van der Waals surface area contributed by atoms with Crippen LogP contribution in [0.15, 0.2) is 48.8 Å². The molecule has 6 nitrogen and oxygen atoms in total. The lowest BCUT2D eigenvalue weighted by atomic mass is 10.1. The Morgan fingerprint density at radius 3 is 2.26 bits per heavy atom. The fourth-order valence-corrected chi connectivity index (χ4v) is 3.31. The third-order valence-corrected chi connectivity index (χ3v) is 5.07. The lowest BCUT2D eigenvalue weighted by molar-refractivity contribution is 0.131. The zero-order valence-corrected chi connectivity index (χ0v) is 16.0. The van der Waals surface area contributed by atoms with E-state index in [1.165, 1.54) is 11.1 Å². The summed E-state index contributed by atoms with van der Waals surface area (Å²) in [6, 6.07) is 12.0. The van der Waals surface area contributed by atoms with Crippen molar-refractivity contribution in [1.29, 1.82) is 0 Å². The summed E-state index contributed by atoms with van der Waals surface area (Å²) in [6.45, 7) is 9.78. The number of nitrogens with one attached hydrogen (secondary N) is 2. The number of nitrogens with zero attached hydrogens (tertiary/aromatic N) is 3. The first-order valence-corrected chi connectivity index (χ1v) is 9.66. The van der Waals surface area contributed by atoms with Crippen LogP contribution in [-0.2, 0) is 19.6 Å². The van der Waals surface area contributed by atoms with Crippen molar-refractivity contribution in [2.75, 3.05) is 32.7 Å². The van der Waals surface area contributed by atoms with Crippen molar-refractivity contribution >= 4 is 6.03 Å². The van der Waals surface area contributed by atoms with E-state index in [1.807, 2.05) is 18.2 Å². The molecule has 0 bridgehead atoms. The topological polar surface area (TPSA) is 60.5 Å². The predicted octanol–water partition coefficient (Wildman–Crippen LogP) is 2.22. The van der Waals surface area contributed by atoms with Gasteiger partial charge in [0.2, 0.25) is 0 Å². The number of likely N-dealkylation sites (N-methyl/N-ethyl adjacent to an activating group) is 1. The van der Waals surface area contributed by atoms with Crippen molar-refractivity contribution in [3.05, 3.63) is 65.5 Å². The minimum absolute atomic E-state index is 0.154. The minimum Gasteiger partial charge on any atom is -0.334 e. The molecule has 2 heterocycles. The molecule has 0 unspecified atom stereocenters. The van der Waals surface area contributed by atoms with E-state index in [0.29, 0.717) is 13.1 Å². The molecule has 2 aromatic rings. The van der Waals surface area contributed by atoms with Crippen molar-refractivity contribution < 1.29 is 4.79 Å². The highest BCUT2D eigenvalue weighted by Crippen LogP contribution is 2.13. The minimum atomic E-state index is -0.154. The third kappa shape index (κ3) is 6.05. The van der Waals surface area contributed by atoms with E-state index in [9.17, 15) is 4.79 Å². The average molecular weight is 367 g/mol. The average Bonchev–Trinajstić information content (AvgIpc) is 2.73. The van der Waals surface area contributed by atoms with Crippen molar-refractivity contribution in [3.63, 3.8) is 0 Å². The van der Waals surface area contributed by atoms with E-state index in [2.05, 4.69) is 50.5 Å². The first-order chi connectivity index (χ1) is 13.2. The van der Waals surface area contributed by atoms with Crippen molar-refractivity contribution in [1.82, 2.24) is 25.4 Å². The molecule has 2 N–H and O–H groups in total. The Bertz CT molecular complexity index is 714. The summed E-state index contributed by atoms with van der Waals surface area (Å²) in [7, 11) is 0. The van der Waals surface area contributed by atoms with Gasteiger partial charge in [0.1, 0.15) is 0 Å². The number of rotatable bonds is 7. The van der Waals surface area contributed by atoms with Gasteiger partial charge in [-0.25, -0.2) is 4.79 Å². The van der Waals surface area contributed by atoms with Crippen LogP contribution < -0.4 is 10.6 Å². The number of carbonyl (C=O) groups excluding carboxylic acids is 1. The first kappa shape index (κ1) is 19.3. The molecule has 1 saturated heterocycles. The molecule has 2 amide bonds.